The molecular formula is C37H46N2O9. The number of amides is 1. The fraction of sp³-hybridized carbons (Fsp3) is 0.405. The molecule has 4 atom stereocenters. The molecule has 4 rings (SSSR count). The predicted molar refractivity (Wildman–Crippen MR) is 182 cm³/mol. The molecule has 11 nitrogen and oxygen atoms in total. The quantitative estimate of drug-likeness (QED) is 0.185. The van der Waals surface area contributed by atoms with Crippen LogP contribution in [0.15, 0.2) is 60.7 Å². The van der Waals surface area contributed by atoms with Gasteiger partial charge in [-0.3, -0.25) is 4.79 Å². The monoisotopic (exact) mass is 662 g/mol. The van der Waals surface area contributed by atoms with Crippen LogP contribution in [0.4, 0.5) is 0 Å². The van der Waals surface area contributed by atoms with E-state index in [1.165, 1.54) is 21.3 Å². The number of phenolic OH excluding ortho intramolecular Hbond substituents is 1. The van der Waals surface area contributed by atoms with Crippen molar-refractivity contribution in [2.45, 2.75) is 63.8 Å². The van der Waals surface area contributed by atoms with Crippen LogP contribution in [-0.2, 0) is 27.2 Å². The van der Waals surface area contributed by atoms with Gasteiger partial charge in [0.1, 0.15) is 18.2 Å². The lowest BCUT2D eigenvalue weighted by Gasteiger charge is -2.25. The van der Waals surface area contributed by atoms with Crippen LogP contribution in [0.1, 0.15) is 48.9 Å². The second-order valence-electron chi connectivity index (χ2n) is 12.1. The molecule has 11 heteroatoms. The Morgan fingerprint density at radius 3 is 2.23 bits per heavy atom. The summed E-state index contributed by atoms with van der Waals surface area (Å²) in [7, 11) is 6.07. The third-order valence-corrected chi connectivity index (χ3v) is 8.31. The SMILES string of the molecule is COc1ccc(C2=C[C@@H](OC(=O)C(CC(C)C)NC(=O)C(O)C(N)Cc3ccccc3)CCc3c2cc(OC)c(OC)c3OC)cc1O. The highest BCUT2D eigenvalue weighted by Crippen LogP contribution is 2.47. The number of esters is 1. The Kier molecular flexibility index (Phi) is 12.3. The number of ether oxygens (including phenoxy) is 5. The van der Waals surface area contributed by atoms with Crippen LogP contribution in [0.3, 0.4) is 0 Å². The van der Waals surface area contributed by atoms with Gasteiger partial charge >= 0.3 is 5.97 Å². The predicted octanol–water partition coefficient (Wildman–Crippen LogP) is 4.18. The first-order chi connectivity index (χ1) is 23.0. The molecule has 0 aromatic heterocycles. The molecule has 0 saturated carbocycles. The summed E-state index contributed by atoms with van der Waals surface area (Å²) < 4.78 is 28.4. The Bertz CT molecular complexity index is 1610. The summed E-state index contributed by atoms with van der Waals surface area (Å²) in [6.07, 6.45) is 0.925. The van der Waals surface area contributed by atoms with Crippen molar-refractivity contribution in [1.29, 1.82) is 0 Å². The number of nitrogens with two attached hydrogens (primary N) is 1. The minimum absolute atomic E-state index is 0.0222. The van der Waals surface area contributed by atoms with Gasteiger partial charge in [0.25, 0.3) is 5.91 Å². The molecule has 5 N–H and O–H groups in total. The number of nitrogens with one attached hydrogen (secondary N) is 1. The fourth-order valence-electron chi connectivity index (χ4n) is 5.92. The van der Waals surface area contributed by atoms with Gasteiger partial charge in [0.05, 0.1) is 28.4 Å². The molecule has 1 aliphatic carbocycles. The number of hydrogen-bond donors (Lipinski definition) is 4. The Balaban J connectivity index is 1.65. The summed E-state index contributed by atoms with van der Waals surface area (Å²) in [5, 5.41) is 24.1. The van der Waals surface area contributed by atoms with E-state index >= 15 is 0 Å². The molecule has 3 aromatic rings. The maximum absolute atomic E-state index is 13.8. The highest BCUT2D eigenvalue weighted by Gasteiger charge is 2.32. The maximum Gasteiger partial charge on any atom is 0.329 e. The van der Waals surface area contributed by atoms with E-state index in [2.05, 4.69) is 5.32 Å². The van der Waals surface area contributed by atoms with E-state index in [9.17, 15) is 19.8 Å². The lowest BCUT2D eigenvalue weighted by Crippen LogP contribution is -2.52. The van der Waals surface area contributed by atoms with Gasteiger partial charge in [0.15, 0.2) is 23.0 Å². The number of hydrogen-bond acceptors (Lipinski definition) is 10. The second-order valence-corrected chi connectivity index (χ2v) is 12.1. The third-order valence-electron chi connectivity index (χ3n) is 8.31. The number of aliphatic hydroxyl groups excluding tert-OH is 1. The molecule has 0 bridgehead atoms. The number of carbonyl (C=O) groups is 2. The standard InChI is InChI=1S/C37H46N2O9/c1-21(2)16-29(39-36(42)33(41)28(38)17-22-10-8-7-9-11-22)37(43)48-24-13-14-25-27(20-32(45-4)35(47-6)34(25)46-5)26(19-24)23-12-15-31(44-3)30(40)18-23/h7-12,15,18-21,24,28-29,33,40-41H,13-14,16-17,38H2,1-6H3,(H,39,42)/t24-,28?,29?,33?/m0/s1. The summed E-state index contributed by atoms with van der Waals surface area (Å²) in [5.74, 6) is 0.216. The third kappa shape index (κ3) is 8.39. The number of phenols is 1. The van der Waals surface area contributed by atoms with Gasteiger partial charge in [-0.05, 0) is 78.1 Å². The van der Waals surface area contributed by atoms with E-state index < -0.39 is 36.2 Å². The summed E-state index contributed by atoms with van der Waals surface area (Å²) in [6, 6.07) is 14.3. The molecule has 1 amide bonds. The van der Waals surface area contributed by atoms with E-state index in [0.29, 0.717) is 47.0 Å². The minimum atomic E-state index is -1.54. The van der Waals surface area contributed by atoms with Crippen molar-refractivity contribution in [3.8, 4) is 28.7 Å². The number of rotatable bonds is 14. The lowest BCUT2D eigenvalue weighted by atomic mass is 9.92. The molecule has 0 fully saturated rings. The molecule has 0 heterocycles. The van der Waals surface area contributed by atoms with Crippen LogP contribution in [0.5, 0.6) is 28.7 Å². The normalized spacial score (nSPS) is 16.0. The van der Waals surface area contributed by atoms with E-state index in [4.69, 9.17) is 29.4 Å². The van der Waals surface area contributed by atoms with Crippen molar-refractivity contribution in [3.63, 3.8) is 0 Å². The van der Waals surface area contributed by atoms with E-state index in [1.54, 1.807) is 25.3 Å². The van der Waals surface area contributed by atoms with Crippen molar-refractivity contribution in [2.24, 2.45) is 11.7 Å². The fourth-order valence-corrected chi connectivity index (χ4v) is 5.92. The van der Waals surface area contributed by atoms with Crippen LogP contribution in [-0.4, -0.2) is 74.8 Å². The number of benzene rings is 3. The van der Waals surface area contributed by atoms with Gasteiger partial charge in [0, 0.05) is 11.6 Å². The van der Waals surface area contributed by atoms with Gasteiger partial charge in [-0.2, -0.15) is 0 Å². The summed E-state index contributed by atoms with van der Waals surface area (Å²) in [4.78, 5) is 26.9. The highest BCUT2D eigenvalue weighted by atomic mass is 16.5. The Morgan fingerprint density at radius 2 is 1.62 bits per heavy atom. The van der Waals surface area contributed by atoms with Gasteiger partial charge < -0.3 is 44.9 Å². The second kappa shape index (κ2) is 16.4. The topological polar surface area (TPSA) is 159 Å². The number of carbonyl (C=O) groups excluding carboxylic acids is 2. The first-order valence-corrected chi connectivity index (χ1v) is 15.9. The zero-order chi connectivity index (χ0) is 35.0. The molecule has 3 aromatic carbocycles. The molecular weight excluding hydrogens is 616 g/mol. The van der Waals surface area contributed by atoms with Gasteiger partial charge in [-0.1, -0.05) is 50.2 Å². The Labute approximate surface area is 281 Å². The summed E-state index contributed by atoms with van der Waals surface area (Å²) in [5.41, 5.74) is 9.91. The van der Waals surface area contributed by atoms with E-state index in [0.717, 1.165) is 16.7 Å². The number of aromatic hydroxyl groups is 1. The zero-order valence-corrected chi connectivity index (χ0v) is 28.3. The number of aliphatic hydroxyl groups is 1. The Morgan fingerprint density at radius 1 is 0.938 bits per heavy atom. The maximum atomic E-state index is 13.8. The highest BCUT2D eigenvalue weighted by molar-refractivity contribution is 5.88. The molecule has 1 aliphatic rings. The lowest BCUT2D eigenvalue weighted by molar-refractivity contribution is -0.152. The van der Waals surface area contributed by atoms with Gasteiger partial charge in [-0.25, -0.2) is 4.79 Å². The van der Waals surface area contributed by atoms with Crippen molar-refractivity contribution in [1.82, 2.24) is 5.32 Å². The summed E-state index contributed by atoms with van der Waals surface area (Å²) >= 11 is 0. The van der Waals surface area contributed by atoms with Crippen molar-refractivity contribution >= 4 is 17.4 Å². The minimum Gasteiger partial charge on any atom is -0.504 e. The van der Waals surface area contributed by atoms with Crippen LogP contribution in [0, 0.1) is 5.92 Å². The average molecular weight is 663 g/mol. The smallest absolute Gasteiger partial charge is 0.329 e. The number of methoxy groups -OCH3 is 4. The van der Waals surface area contributed by atoms with Crippen molar-refractivity contribution < 1.29 is 43.5 Å². The molecule has 0 radical (unpaired) electrons. The van der Waals surface area contributed by atoms with Crippen LogP contribution in [0.25, 0.3) is 5.57 Å². The zero-order valence-electron chi connectivity index (χ0n) is 28.3. The van der Waals surface area contributed by atoms with Crippen molar-refractivity contribution in [2.75, 3.05) is 28.4 Å². The molecule has 48 heavy (non-hydrogen) atoms. The molecule has 3 unspecified atom stereocenters. The number of fused-ring (bicyclic) bond motifs is 1. The molecule has 0 saturated heterocycles. The van der Waals surface area contributed by atoms with Crippen LogP contribution >= 0.6 is 0 Å². The Hall–Kier alpha value is -4.74. The summed E-state index contributed by atoms with van der Waals surface area (Å²) in [6.45, 7) is 3.85. The van der Waals surface area contributed by atoms with Crippen molar-refractivity contribution in [3.05, 3.63) is 82.9 Å². The first-order valence-electron chi connectivity index (χ1n) is 15.9. The van der Waals surface area contributed by atoms with E-state index in [1.807, 2.05) is 56.3 Å². The van der Waals surface area contributed by atoms with Crippen LogP contribution in [0.2, 0.25) is 0 Å². The molecule has 258 valence electrons. The first kappa shape index (κ1) is 36.1. The van der Waals surface area contributed by atoms with Gasteiger partial charge in [0.2, 0.25) is 5.75 Å². The largest absolute Gasteiger partial charge is 0.504 e. The van der Waals surface area contributed by atoms with Crippen LogP contribution < -0.4 is 30.0 Å². The molecule has 0 aliphatic heterocycles. The van der Waals surface area contributed by atoms with E-state index in [-0.39, 0.29) is 24.5 Å². The molecule has 0 spiro atoms. The van der Waals surface area contributed by atoms with Gasteiger partial charge in [-0.15, -0.1) is 0 Å². The average Bonchev–Trinajstić information content (AvgIpc) is 3.25.